The molecule has 1 unspecified atom stereocenters. The normalized spacial score (nSPS) is 13.7. The summed E-state index contributed by atoms with van der Waals surface area (Å²) < 4.78 is 10.5. The van der Waals surface area contributed by atoms with E-state index >= 15 is 0 Å². The van der Waals surface area contributed by atoms with Crippen LogP contribution in [0.2, 0.25) is 0 Å². The molecule has 1 heterocycles. The topological polar surface area (TPSA) is 57.4 Å². The second kappa shape index (κ2) is 5.28. The van der Waals surface area contributed by atoms with Crippen LogP contribution in [0.4, 0.5) is 0 Å². The molecule has 0 aliphatic carbocycles. The summed E-state index contributed by atoms with van der Waals surface area (Å²) in [7, 11) is 3.25. The van der Waals surface area contributed by atoms with Crippen LogP contribution in [-0.4, -0.2) is 19.2 Å². The molecule has 0 aliphatic heterocycles. The van der Waals surface area contributed by atoms with Crippen molar-refractivity contribution in [3.05, 3.63) is 53.9 Å². The molecule has 0 amide bonds. The Balaban J connectivity index is 2.45. The van der Waals surface area contributed by atoms with Gasteiger partial charge in [0.2, 0.25) is 0 Å². The van der Waals surface area contributed by atoms with Gasteiger partial charge in [0.25, 0.3) is 0 Å². The molecular formula is C15H18N2O2. The minimum absolute atomic E-state index is 0.684. The molecule has 0 aliphatic rings. The number of nitrogens with two attached hydrogens (primary N) is 1. The first kappa shape index (κ1) is 13.4. The lowest BCUT2D eigenvalue weighted by atomic mass is 9.88. The zero-order valence-electron chi connectivity index (χ0n) is 11.4. The van der Waals surface area contributed by atoms with E-state index < -0.39 is 5.54 Å². The molecule has 0 radical (unpaired) electrons. The van der Waals surface area contributed by atoms with Gasteiger partial charge in [0.1, 0.15) is 17.2 Å². The van der Waals surface area contributed by atoms with Crippen LogP contribution in [0, 0.1) is 0 Å². The quantitative estimate of drug-likeness (QED) is 0.914. The molecule has 2 rings (SSSR count). The Morgan fingerprint density at radius 1 is 1.05 bits per heavy atom. The molecule has 2 aromatic rings. The minimum Gasteiger partial charge on any atom is -0.497 e. The summed E-state index contributed by atoms with van der Waals surface area (Å²) in [5, 5.41) is 0. The van der Waals surface area contributed by atoms with E-state index in [1.54, 1.807) is 20.4 Å². The van der Waals surface area contributed by atoms with E-state index in [1.807, 2.05) is 43.3 Å². The average molecular weight is 258 g/mol. The van der Waals surface area contributed by atoms with Crippen LogP contribution in [0.25, 0.3) is 0 Å². The Morgan fingerprint density at radius 2 is 1.74 bits per heavy atom. The van der Waals surface area contributed by atoms with E-state index in [9.17, 15) is 0 Å². The Kier molecular flexibility index (Phi) is 3.71. The number of aromatic nitrogens is 1. The summed E-state index contributed by atoms with van der Waals surface area (Å²) in [6.07, 6.45) is 1.71. The summed E-state index contributed by atoms with van der Waals surface area (Å²) in [5.41, 5.74) is 7.38. The highest BCUT2D eigenvalue weighted by atomic mass is 16.5. The monoisotopic (exact) mass is 258 g/mol. The molecule has 0 saturated carbocycles. The Hall–Kier alpha value is -2.07. The third-order valence-corrected chi connectivity index (χ3v) is 3.17. The van der Waals surface area contributed by atoms with E-state index in [0.717, 1.165) is 11.3 Å². The maximum absolute atomic E-state index is 6.44. The molecule has 1 aromatic heterocycles. The molecule has 1 aromatic carbocycles. The first-order chi connectivity index (χ1) is 9.09. The minimum atomic E-state index is -0.723. The van der Waals surface area contributed by atoms with Crippen molar-refractivity contribution >= 4 is 0 Å². The molecule has 0 saturated heterocycles. The average Bonchev–Trinajstić information content (AvgIpc) is 2.47. The van der Waals surface area contributed by atoms with Gasteiger partial charge in [-0.05, 0) is 36.8 Å². The zero-order valence-corrected chi connectivity index (χ0v) is 11.4. The van der Waals surface area contributed by atoms with Crippen molar-refractivity contribution < 1.29 is 9.47 Å². The van der Waals surface area contributed by atoms with Gasteiger partial charge in [0.05, 0.1) is 19.8 Å². The van der Waals surface area contributed by atoms with Crippen molar-refractivity contribution in [1.29, 1.82) is 0 Å². The van der Waals surface area contributed by atoms with Crippen LogP contribution in [0.5, 0.6) is 11.5 Å². The third-order valence-electron chi connectivity index (χ3n) is 3.17. The Labute approximate surface area is 113 Å². The molecule has 2 N–H and O–H groups in total. The van der Waals surface area contributed by atoms with Crippen LogP contribution in [0.1, 0.15) is 18.2 Å². The maximum Gasteiger partial charge on any atom is 0.142 e. The summed E-state index contributed by atoms with van der Waals surface area (Å²) in [4.78, 5) is 4.36. The van der Waals surface area contributed by atoms with Crippen molar-refractivity contribution in [2.75, 3.05) is 14.2 Å². The van der Waals surface area contributed by atoms with Crippen molar-refractivity contribution in [3.63, 3.8) is 0 Å². The first-order valence-corrected chi connectivity index (χ1v) is 6.02. The fraction of sp³-hybridized carbons (Fsp3) is 0.267. The van der Waals surface area contributed by atoms with Gasteiger partial charge < -0.3 is 15.2 Å². The van der Waals surface area contributed by atoms with Gasteiger partial charge in [0, 0.05) is 6.20 Å². The lowest BCUT2D eigenvalue weighted by Crippen LogP contribution is -2.35. The highest BCUT2D eigenvalue weighted by Crippen LogP contribution is 2.32. The number of pyridine rings is 1. The van der Waals surface area contributed by atoms with Gasteiger partial charge in [-0.25, -0.2) is 0 Å². The predicted molar refractivity (Wildman–Crippen MR) is 74.4 cm³/mol. The lowest BCUT2D eigenvalue weighted by molar-refractivity contribution is 0.393. The van der Waals surface area contributed by atoms with Gasteiger partial charge in [-0.3, -0.25) is 4.98 Å². The van der Waals surface area contributed by atoms with Crippen LogP contribution >= 0.6 is 0 Å². The number of nitrogens with zero attached hydrogens (tertiary/aromatic N) is 1. The smallest absolute Gasteiger partial charge is 0.142 e. The molecule has 19 heavy (non-hydrogen) atoms. The molecule has 4 heteroatoms. The van der Waals surface area contributed by atoms with Gasteiger partial charge in [0.15, 0.2) is 0 Å². The number of benzene rings is 1. The highest BCUT2D eigenvalue weighted by Gasteiger charge is 2.28. The van der Waals surface area contributed by atoms with Crippen molar-refractivity contribution in [2.24, 2.45) is 5.73 Å². The maximum atomic E-state index is 6.44. The second-order valence-corrected chi connectivity index (χ2v) is 4.49. The second-order valence-electron chi connectivity index (χ2n) is 4.49. The first-order valence-electron chi connectivity index (χ1n) is 6.02. The summed E-state index contributed by atoms with van der Waals surface area (Å²) >= 11 is 0. The van der Waals surface area contributed by atoms with E-state index in [2.05, 4.69) is 4.98 Å². The Morgan fingerprint density at radius 3 is 2.32 bits per heavy atom. The third kappa shape index (κ3) is 2.53. The lowest BCUT2D eigenvalue weighted by Gasteiger charge is -2.26. The van der Waals surface area contributed by atoms with Crippen LogP contribution < -0.4 is 15.2 Å². The fourth-order valence-corrected chi connectivity index (χ4v) is 2.02. The highest BCUT2D eigenvalue weighted by molar-refractivity contribution is 5.42. The molecule has 1 atom stereocenters. The van der Waals surface area contributed by atoms with Gasteiger partial charge >= 0.3 is 0 Å². The number of ether oxygens (including phenoxy) is 2. The molecule has 0 fully saturated rings. The SMILES string of the molecule is COc1ccc(C(C)(N)c2ncccc2OC)cc1. The number of methoxy groups -OCH3 is 2. The van der Waals surface area contributed by atoms with Crippen molar-refractivity contribution in [2.45, 2.75) is 12.5 Å². The molecule has 4 nitrogen and oxygen atoms in total. The van der Waals surface area contributed by atoms with Crippen molar-refractivity contribution in [3.8, 4) is 11.5 Å². The standard InChI is InChI=1S/C15H18N2O2/c1-15(16,11-6-8-12(18-2)9-7-11)14-13(19-3)5-4-10-17-14/h4-10H,16H2,1-3H3. The number of hydrogen-bond acceptors (Lipinski definition) is 4. The molecular weight excluding hydrogens is 240 g/mol. The molecule has 0 spiro atoms. The van der Waals surface area contributed by atoms with Crippen LogP contribution in [-0.2, 0) is 5.54 Å². The fourth-order valence-electron chi connectivity index (χ4n) is 2.02. The van der Waals surface area contributed by atoms with Crippen LogP contribution in [0.15, 0.2) is 42.6 Å². The van der Waals surface area contributed by atoms with E-state index in [-0.39, 0.29) is 0 Å². The van der Waals surface area contributed by atoms with E-state index in [1.165, 1.54) is 0 Å². The summed E-state index contributed by atoms with van der Waals surface area (Å²) in [6.45, 7) is 1.92. The zero-order chi connectivity index (χ0) is 13.9. The molecule has 100 valence electrons. The molecule has 0 bridgehead atoms. The van der Waals surface area contributed by atoms with Gasteiger partial charge in [-0.1, -0.05) is 12.1 Å². The van der Waals surface area contributed by atoms with Crippen molar-refractivity contribution in [1.82, 2.24) is 4.98 Å². The van der Waals surface area contributed by atoms with Gasteiger partial charge in [-0.15, -0.1) is 0 Å². The van der Waals surface area contributed by atoms with E-state index in [0.29, 0.717) is 11.4 Å². The van der Waals surface area contributed by atoms with E-state index in [4.69, 9.17) is 15.2 Å². The Bertz CT molecular complexity index is 550. The summed E-state index contributed by atoms with van der Waals surface area (Å²) in [5.74, 6) is 1.48. The number of hydrogen-bond donors (Lipinski definition) is 1. The predicted octanol–water partition coefficient (Wildman–Crippen LogP) is 2.32. The summed E-state index contributed by atoms with van der Waals surface area (Å²) in [6, 6.07) is 11.3. The van der Waals surface area contributed by atoms with Gasteiger partial charge in [-0.2, -0.15) is 0 Å². The van der Waals surface area contributed by atoms with Crippen LogP contribution in [0.3, 0.4) is 0 Å². The number of rotatable bonds is 4. The largest absolute Gasteiger partial charge is 0.497 e.